The summed E-state index contributed by atoms with van der Waals surface area (Å²) in [5, 5.41) is 0. The highest BCUT2D eigenvalue weighted by Crippen LogP contribution is 2.28. The Labute approximate surface area is 154 Å². The Kier molecular flexibility index (Phi) is 5.16. The van der Waals surface area contributed by atoms with Crippen LogP contribution in [0.1, 0.15) is 17.5 Å². The van der Waals surface area contributed by atoms with Gasteiger partial charge in [0.25, 0.3) is 0 Å². The Morgan fingerprint density at radius 2 is 1.92 bits per heavy atom. The van der Waals surface area contributed by atoms with Gasteiger partial charge >= 0.3 is 0 Å². The van der Waals surface area contributed by atoms with Gasteiger partial charge in [-0.15, -0.1) is 0 Å². The Balaban J connectivity index is 1.35. The SMILES string of the molecule is O=C([C@H]1COc2ccccc2C1)N1CCCN(Cc2ccncc2)CC1. The quantitative estimate of drug-likeness (QED) is 0.852. The van der Waals surface area contributed by atoms with Crippen LogP contribution >= 0.6 is 0 Å². The standard InChI is InChI=1S/C21H25N3O2/c25-21(19-14-18-4-1-2-5-20(18)26-16-19)24-11-3-10-23(12-13-24)15-17-6-8-22-9-7-17/h1-2,4-9,19H,3,10-16H2/t19-/m1/s1. The second-order valence-corrected chi connectivity index (χ2v) is 7.13. The maximum Gasteiger partial charge on any atom is 0.229 e. The minimum Gasteiger partial charge on any atom is -0.492 e. The minimum absolute atomic E-state index is 0.0587. The van der Waals surface area contributed by atoms with E-state index in [-0.39, 0.29) is 11.8 Å². The topological polar surface area (TPSA) is 45.7 Å². The zero-order valence-corrected chi connectivity index (χ0v) is 15.0. The molecule has 0 radical (unpaired) electrons. The van der Waals surface area contributed by atoms with Gasteiger partial charge < -0.3 is 9.64 Å². The summed E-state index contributed by atoms with van der Waals surface area (Å²) in [4.78, 5) is 21.5. The molecule has 3 heterocycles. The van der Waals surface area contributed by atoms with Crippen LogP contribution in [0.15, 0.2) is 48.8 Å². The number of carbonyl (C=O) groups is 1. The fraction of sp³-hybridized carbons (Fsp3) is 0.429. The number of rotatable bonds is 3. The van der Waals surface area contributed by atoms with E-state index in [1.54, 1.807) is 0 Å². The zero-order valence-electron chi connectivity index (χ0n) is 15.0. The fourth-order valence-electron chi connectivity index (χ4n) is 3.84. The van der Waals surface area contributed by atoms with Gasteiger partial charge in [0.05, 0.1) is 5.92 Å². The van der Waals surface area contributed by atoms with Crippen molar-refractivity contribution in [1.82, 2.24) is 14.8 Å². The number of nitrogens with zero attached hydrogens (tertiary/aromatic N) is 3. The summed E-state index contributed by atoms with van der Waals surface area (Å²) in [6.07, 6.45) is 5.47. The number of aromatic nitrogens is 1. The Morgan fingerprint density at radius 1 is 1.08 bits per heavy atom. The van der Waals surface area contributed by atoms with Crippen molar-refractivity contribution < 1.29 is 9.53 Å². The number of ether oxygens (including phenoxy) is 1. The lowest BCUT2D eigenvalue weighted by molar-refractivity contribution is -0.136. The summed E-state index contributed by atoms with van der Waals surface area (Å²) in [5.74, 6) is 1.11. The molecule has 5 heteroatoms. The fourth-order valence-corrected chi connectivity index (χ4v) is 3.84. The molecule has 0 aliphatic carbocycles. The van der Waals surface area contributed by atoms with E-state index in [1.165, 1.54) is 5.56 Å². The van der Waals surface area contributed by atoms with E-state index in [2.05, 4.69) is 28.1 Å². The molecule has 1 aromatic carbocycles. The van der Waals surface area contributed by atoms with Crippen LogP contribution in [0.25, 0.3) is 0 Å². The first-order valence-corrected chi connectivity index (χ1v) is 9.40. The first-order valence-electron chi connectivity index (χ1n) is 9.40. The molecule has 0 saturated carbocycles. The Morgan fingerprint density at radius 3 is 2.81 bits per heavy atom. The summed E-state index contributed by atoms with van der Waals surface area (Å²) in [6.45, 7) is 4.98. The molecular formula is C21H25N3O2. The maximum atomic E-state index is 13.0. The zero-order chi connectivity index (χ0) is 17.8. The predicted molar refractivity (Wildman–Crippen MR) is 99.8 cm³/mol. The average Bonchev–Trinajstić information content (AvgIpc) is 2.93. The van der Waals surface area contributed by atoms with Gasteiger partial charge in [0.15, 0.2) is 0 Å². The smallest absolute Gasteiger partial charge is 0.229 e. The van der Waals surface area contributed by atoms with Crippen LogP contribution in [-0.4, -0.2) is 53.5 Å². The van der Waals surface area contributed by atoms with E-state index in [9.17, 15) is 4.79 Å². The summed E-state index contributed by atoms with van der Waals surface area (Å²) >= 11 is 0. The highest BCUT2D eigenvalue weighted by molar-refractivity contribution is 5.79. The van der Waals surface area contributed by atoms with Gasteiger partial charge in [0.1, 0.15) is 12.4 Å². The highest BCUT2D eigenvalue weighted by Gasteiger charge is 2.30. The van der Waals surface area contributed by atoms with Crippen molar-refractivity contribution in [3.8, 4) is 5.75 Å². The number of carbonyl (C=O) groups excluding carboxylic acids is 1. The van der Waals surface area contributed by atoms with Gasteiger partial charge in [0, 0.05) is 45.1 Å². The lowest BCUT2D eigenvalue weighted by Crippen LogP contribution is -2.42. The second-order valence-electron chi connectivity index (χ2n) is 7.13. The van der Waals surface area contributed by atoms with E-state index in [1.807, 2.05) is 35.5 Å². The van der Waals surface area contributed by atoms with Crippen LogP contribution in [0.5, 0.6) is 5.75 Å². The molecule has 0 N–H and O–H groups in total. The van der Waals surface area contributed by atoms with Crippen LogP contribution in [0.2, 0.25) is 0 Å². The summed E-state index contributed by atoms with van der Waals surface area (Å²) in [6, 6.07) is 12.2. The molecule has 1 amide bonds. The van der Waals surface area contributed by atoms with Crippen LogP contribution < -0.4 is 4.74 Å². The number of benzene rings is 1. The number of hydrogen-bond acceptors (Lipinski definition) is 4. The first-order chi connectivity index (χ1) is 12.8. The third-order valence-corrected chi connectivity index (χ3v) is 5.28. The molecule has 5 nitrogen and oxygen atoms in total. The highest BCUT2D eigenvalue weighted by atomic mass is 16.5. The normalized spacial score (nSPS) is 20.8. The van der Waals surface area contributed by atoms with E-state index in [0.717, 1.165) is 56.9 Å². The van der Waals surface area contributed by atoms with Crippen molar-refractivity contribution in [3.05, 3.63) is 59.9 Å². The van der Waals surface area contributed by atoms with Gasteiger partial charge in [-0.1, -0.05) is 18.2 Å². The van der Waals surface area contributed by atoms with Crippen LogP contribution in [0.4, 0.5) is 0 Å². The average molecular weight is 351 g/mol. The molecule has 2 aliphatic rings. The predicted octanol–water partition coefficient (Wildman–Crippen LogP) is 2.37. The van der Waals surface area contributed by atoms with E-state index >= 15 is 0 Å². The van der Waals surface area contributed by atoms with Crippen molar-refractivity contribution in [2.45, 2.75) is 19.4 Å². The molecule has 0 spiro atoms. The van der Waals surface area contributed by atoms with Crippen LogP contribution in [0.3, 0.4) is 0 Å². The van der Waals surface area contributed by atoms with Crippen molar-refractivity contribution in [1.29, 1.82) is 0 Å². The van der Waals surface area contributed by atoms with Crippen molar-refractivity contribution >= 4 is 5.91 Å². The summed E-state index contributed by atoms with van der Waals surface area (Å²) in [7, 11) is 0. The third kappa shape index (κ3) is 3.88. The molecule has 136 valence electrons. The number of fused-ring (bicyclic) bond motifs is 1. The maximum absolute atomic E-state index is 13.0. The molecule has 1 atom stereocenters. The molecule has 1 fully saturated rings. The van der Waals surface area contributed by atoms with Crippen LogP contribution in [-0.2, 0) is 17.8 Å². The monoisotopic (exact) mass is 351 g/mol. The van der Waals surface area contributed by atoms with Gasteiger partial charge in [-0.3, -0.25) is 14.7 Å². The third-order valence-electron chi connectivity index (χ3n) is 5.28. The molecule has 2 aliphatic heterocycles. The molecule has 1 saturated heterocycles. The van der Waals surface area contributed by atoms with E-state index in [0.29, 0.717) is 6.61 Å². The van der Waals surface area contributed by atoms with Crippen molar-refractivity contribution in [3.63, 3.8) is 0 Å². The molecular weight excluding hydrogens is 326 g/mol. The molecule has 4 rings (SSSR count). The molecule has 0 bridgehead atoms. The van der Waals surface area contributed by atoms with E-state index < -0.39 is 0 Å². The Hall–Kier alpha value is -2.40. The van der Waals surface area contributed by atoms with E-state index in [4.69, 9.17) is 4.74 Å². The van der Waals surface area contributed by atoms with Gasteiger partial charge in [0.2, 0.25) is 5.91 Å². The van der Waals surface area contributed by atoms with Gasteiger partial charge in [-0.05, 0) is 42.2 Å². The number of amides is 1. The number of pyridine rings is 1. The van der Waals surface area contributed by atoms with Gasteiger partial charge in [-0.25, -0.2) is 0 Å². The lowest BCUT2D eigenvalue weighted by Gasteiger charge is -2.29. The largest absolute Gasteiger partial charge is 0.492 e. The van der Waals surface area contributed by atoms with Crippen LogP contribution in [0, 0.1) is 5.92 Å². The number of para-hydroxylation sites is 1. The molecule has 2 aromatic rings. The molecule has 0 unspecified atom stereocenters. The lowest BCUT2D eigenvalue weighted by atomic mass is 9.95. The van der Waals surface area contributed by atoms with Gasteiger partial charge in [-0.2, -0.15) is 0 Å². The molecule has 26 heavy (non-hydrogen) atoms. The summed E-state index contributed by atoms with van der Waals surface area (Å²) < 4.78 is 5.82. The number of hydrogen-bond donors (Lipinski definition) is 0. The minimum atomic E-state index is -0.0587. The second kappa shape index (κ2) is 7.87. The van der Waals surface area contributed by atoms with Crippen molar-refractivity contribution in [2.24, 2.45) is 5.92 Å². The molecule has 1 aromatic heterocycles. The Bertz CT molecular complexity index is 750. The van der Waals surface area contributed by atoms with Crippen molar-refractivity contribution in [2.75, 3.05) is 32.8 Å². The first kappa shape index (κ1) is 17.0. The summed E-state index contributed by atoms with van der Waals surface area (Å²) in [5.41, 5.74) is 2.42.